The summed E-state index contributed by atoms with van der Waals surface area (Å²) in [5.41, 5.74) is -3.01. The van der Waals surface area contributed by atoms with Gasteiger partial charge in [0.2, 0.25) is 0 Å². The van der Waals surface area contributed by atoms with Gasteiger partial charge in [-0.2, -0.15) is 26.3 Å². The molecule has 1 heterocycles. The van der Waals surface area contributed by atoms with Crippen LogP contribution in [0.2, 0.25) is 0 Å². The van der Waals surface area contributed by atoms with Crippen molar-refractivity contribution in [2.24, 2.45) is 7.05 Å². The van der Waals surface area contributed by atoms with Crippen LogP contribution in [-0.2, 0) is 25.8 Å². The number of rotatable bonds is 5. The van der Waals surface area contributed by atoms with Crippen LogP contribution in [0.1, 0.15) is 27.3 Å². The van der Waals surface area contributed by atoms with E-state index in [9.17, 15) is 31.1 Å². The summed E-state index contributed by atoms with van der Waals surface area (Å²) in [6, 6.07) is 9.92. The van der Waals surface area contributed by atoms with Gasteiger partial charge in [0.15, 0.2) is 5.82 Å². The van der Waals surface area contributed by atoms with Gasteiger partial charge in [0.05, 0.1) is 11.1 Å². The highest BCUT2D eigenvalue weighted by Gasteiger charge is 2.37. The monoisotopic (exact) mass is 442 g/mol. The number of hydrogen-bond acceptors (Lipinski definition) is 3. The van der Waals surface area contributed by atoms with Crippen molar-refractivity contribution in [3.8, 4) is 11.4 Å². The molecule has 164 valence electrons. The van der Waals surface area contributed by atoms with Crippen molar-refractivity contribution < 1.29 is 31.1 Å². The summed E-state index contributed by atoms with van der Waals surface area (Å²) in [7, 11) is 1.71. The van der Waals surface area contributed by atoms with E-state index in [2.05, 4.69) is 15.5 Å². The van der Waals surface area contributed by atoms with Crippen molar-refractivity contribution in [3.05, 3.63) is 71.0 Å². The minimum atomic E-state index is -5.03. The topological polar surface area (TPSA) is 59.8 Å². The minimum absolute atomic E-state index is 0.0263. The fourth-order valence-electron chi connectivity index (χ4n) is 2.89. The van der Waals surface area contributed by atoms with Crippen LogP contribution in [0.3, 0.4) is 0 Å². The molecule has 0 aliphatic rings. The van der Waals surface area contributed by atoms with E-state index in [1.165, 1.54) is 0 Å². The van der Waals surface area contributed by atoms with Crippen LogP contribution in [-0.4, -0.2) is 27.2 Å². The van der Waals surface area contributed by atoms with Gasteiger partial charge in [-0.3, -0.25) is 4.79 Å². The number of benzene rings is 2. The molecule has 5 nitrogen and oxygen atoms in total. The molecule has 3 aromatic rings. The largest absolute Gasteiger partial charge is 0.416 e. The molecule has 0 unspecified atom stereocenters. The van der Waals surface area contributed by atoms with Gasteiger partial charge in [0.1, 0.15) is 5.82 Å². The van der Waals surface area contributed by atoms with Crippen LogP contribution in [0.25, 0.3) is 11.4 Å². The van der Waals surface area contributed by atoms with Gasteiger partial charge < -0.3 is 9.88 Å². The SMILES string of the molecule is Cn1c(CCNC(=O)c2cc(C(F)(F)F)cc(C(F)(F)F)c2)nnc1-c1ccccc1. The van der Waals surface area contributed by atoms with Crippen LogP contribution in [0.5, 0.6) is 0 Å². The summed E-state index contributed by atoms with van der Waals surface area (Å²) in [5, 5.41) is 10.4. The molecular formula is C20H16F6N4O. The third-order valence-corrected chi connectivity index (χ3v) is 4.48. The molecule has 1 amide bonds. The van der Waals surface area contributed by atoms with Gasteiger partial charge in [0, 0.05) is 31.1 Å². The molecular weight excluding hydrogens is 426 g/mol. The Labute approximate surface area is 172 Å². The second kappa shape index (κ2) is 8.40. The number of alkyl halides is 6. The van der Waals surface area contributed by atoms with Crippen LogP contribution >= 0.6 is 0 Å². The highest BCUT2D eigenvalue weighted by molar-refractivity contribution is 5.94. The number of halogens is 6. The molecule has 1 aromatic heterocycles. The average molecular weight is 442 g/mol. The number of aromatic nitrogens is 3. The number of amides is 1. The van der Waals surface area contributed by atoms with E-state index in [0.717, 1.165) is 5.56 Å². The number of hydrogen-bond donors (Lipinski definition) is 1. The van der Waals surface area contributed by atoms with E-state index >= 15 is 0 Å². The molecule has 0 radical (unpaired) electrons. The lowest BCUT2D eigenvalue weighted by molar-refractivity contribution is -0.143. The zero-order chi connectivity index (χ0) is 22.8. The Bertz CT molecular complexity index is 1040. The zero-order valence-corrected chi connectivity index (χ0v) is 16.1. The lowest BCUT2D eigenvalue weighted by Gasteiger charge is -2.14. The van der Waals surface area contributed by atoms with E-state index in [-0.39, 0.29) is 19.0 Å². The van der Waals surface area contributed by atoms with Gasteiger partial charge >= 0.3 is 12.4 Å². The standard InChI is InChI=1S/C20H16F6N4O/c1-30-16(28-29-17(30)12-5-3-2-4-6-12)7-8-27-18(31)13-9-14(19(21,22)23)11-15(10-13)20(24,25)26/h2-6,9-11H,7-8H2,1H3,(H,27,31). The van der Waals surface area contributed by atoms with Crippen molar-refractivity contribution in [2.75, 3.05) is 6.54 Å². The molecule has 0 aliphatic heterocycles. The molecule has 0 saturated carbocycles. The molecule has 3 rings (SSSR count). The molecule has 2 aromatic carbocycles. The van der Waals surface area contributed by atoms with Gasteiger partial charge in [-0.15, -0.1) is 10.2 Å². The van der Waals surface area contributed by atoms with E-state index in [4.69, 9.17) is 0 Å². The minimum Gasteiger partial charge on any atom is -0.352 e. The maximum Gasteiger partial charge on any atom is 0.416 e. The number of carbonyl (C=O) groups is 1. The van der Waals surface area contributed by atoms with Crippen LogP contribution in [0.15, 0.2) is 48.5 Å². The first-order chi connectivity index (χ1) is 14.5. The Morgan fingerprint density at radius 2 is 1.52 bits per heavy atom. The van der Waals surface area contributed by atoms with Crippen molar-refractivity contribution >= 4 is 5.91 Å². The molecule has 1 N–H and O–H groups in total. The lowest BCUT2D eigenvalue weighted by Crippen LogP contribution is -2.27. The maximum atomic E-state index is 12.9. The highest BCUT2D eigenvalue weighted by Crippen LogP contribution is 2.36. The van der Waals surface area contributed by atoms with Gasteiger partial charge in [-0.05, 0) is 18.2 Å². The predicted molar refractivity (Wildman–Crippen MR) is 98.9 cm³/mol. The first-order valence-corrected chi connectivity index (χ1v) is 8.98. The summed E-state index contributed by atoms with van der Waals surface area (Å²) in [6.45, 7) is -0.0583. The molecule has 31 heavy (non-hydrogen) atoms. The van der Waals surface area contributed by atoms with Crippen LogP contribution < -0.4 is 5.32 Å². The molecule has 0 atom stereocenters. The van der Waals surface area contributed by atoms with E-state index in [1.54, 1.807) is 11.6 Å². The Kier molecular flexibility index (Phi) is 6.05. The molecule has 0 spiro atoms. The third-order valence-electron chi connectivity index (χ3n) is 4.48. The van der Waals surface area contributed by atoms with E-state index < -0.39 is 35.0 Å². The summed E-state index contributed by atoms with van der Waals surface area (Å²) >= 11 is 0. The Morgan fingerprint density at radius 3 is 2.06 bits per heavy atom. The van der Waals surface area contributed by atoms with Crippen LogP contribution in [0.4, 0.5) is 26.3 Å². The van der Waals surface area contributed by atoms with Crippen LogP contribution in [0, 0.1) is 0 Å². The Morgan fingerprint density at radius 1 is 0.935 bits per heavy atom. The van der Waals surface area contributed by atoms with Crippen molar-refractivity contribution in [1.29, 1.82) is 0 Å². The van der Waals surface area contributed by atoms with Crippen molar-refractivity contribution in [1.82, 2.24) is 20.1 Å². The number of nitrogens with one attached hydrogen (secondary N) is 1. The normalized spacial score (nSPS) is 12.1. The summed E-state index contributed by atoms with van der Waals surface area (Å²) in [5.74, 6) is 0.0100. The fourth-order valence-corrected chi connectivity index (χ4v) is 2.89. The van der Waals surface area contributed by atoms with E-state index in [0.29, 0.717) is 23.8 Å². The quantitative estimate of drug-likeness (QED) is 0.593. The molecule has 0 bridgehead atoms. The van der Waals surface area contributed by atoms with Gasteiger partial charge in [-0.25, -0.2) is 0 Å². The predicted octanol–water partition coefficient (Wildman–Crippen LogP) is 4.49. The first kappa shape index (κ1) is 22.3. The molecule has 0 aliphatic carbocycles. The second-order valence-electron chi connectivity index (χ2n) is 6.67. The van der Waals surface area contributed by atoms with Gasteiger partial charge in [-0.1, -0.05) is 30.3 Å². The number of carbonyl (C=O) groups excluding carboxylic acids is 1. The summed E-state index contributed by atoms with van der Waals surface area (Å²) in [6.07, 6.45) is -9.88. The van der Waals surface area contributed by atoms with E-state index in [1.807, 2.05) is 30.3 Å². The molecule has 11 heteroatoms. The first-order valence-electron chi connectivity index (χ1n) is 8.98. The molecule has 0 fully saturated rings. The van der Waals surface area contributed by atoms with Crippen molar-refractivity contribution in [3.63, 3.8) is 0 Å². The Balaban J connectivity index is 1.72. The summed E-state index contributed by atoms with van der Waals surface area (Å²) in [4.78, 5) is 12.2. The van der Waals surface area contributed by atoms with Gasteiger partial charge in [0.25, 0.3) is 5.91 Å². The maximum absolute atomic E-state index is 12.9. The zero-order valence-electron chi connectivity index (χ0n) is 16.1. The van der Waals surface area contributed by atoms with Crippen molar-refractivity contribution in [2.45, 2.75) is 18.8 Å². The summed E-state index contributed by atoms with van der Waals surface area (Å²) < 4.78 is 79.3. The smallest absolute Gasteiger partial charge is 0.352 e. The third kappa shape index (κ3) is 5.22. The molecule has 0 saturated heterocycles. The fraction of sp³-hybridized carbons (Fsp3) is 0.250. The lowest BCUT2D eigenvalue weighted by atomic mass is 10.0. The highest BCUT2D eigenvalue weighted by atomic mass is 19.4. The second-order valence-corrected chi connectivity index (χ2v) is 6.67. The Hall–Kier alpha value is -3.37. The average Bonchev–Trinajstić information content (AvgIpc) is 3.07. The number of nitrogens with zero attached hydrogens (tertiary/aromatic N) is 3.